The van der Waals surface area contributed by atoms with Crippen LogP contribution < -0.4 is 4.74 Å². The van der Waals surface area contributed by atoms with Crippen LogP contribution in [0, 0.1) is 6.92 Å². The number of rotatable bonds is 4. The molecule has 1 unspecified atom stereocenters. The third-order valence-corrected chi connectivity index (χ3v) is 3.32. The minimum atomic E-state index is -1.01. The second-order valence-corrected chi connectivity index (χ2v) is 4.90. The zero-order valence-electron chi connectivity index (χ0n) is 11.7. The Balaban J connectivity index is 2.37. The van der Waals surface area contributed by atoms with E-state index in [4.69, 9.17) is 4.74 Å². The van der Waals surface area contributed by atoms with Crippen molar-refractivity contribution in [2.75, 3.05) is 6.61 Å². The van der Waals surface area contributed by atoms with Crippen LogP contribution in [0.3, 0.4) is 0 Å². The zero-order chi connectivity index (χ0) is 13.9. The first kappa shape index (κ1) is 13.6. The van der Waals surface area contributed by atoms with Gasteiger partial charge in [0.2, 0.25) is 0 Å². The Hall–Kier alpha value is -1.80. The van der Waals surface area contributed by atoms with Gasteiger partial charge in [-0.15, -0.1) is 0 Å². The van der Waals surface area contributed by atoms with Crippen molar-refractivity contribution in [1.29, 1.82) is 0 Å². The number of hydrogen-bond donors (Lipinski definition) is 1. The fourth-order valence-corrected chi connectivity index (χ4v) is 2.10. The SMILES string of the molecule is CCOc1cccc(C(C)(O)c2ccc(C)cc2)c1. The van der Waals surface area contributed by atoms with Crippen LogP contribution in [0.4, 0.5) is 0 Å². The fraction of sp³-hybridized carbons (Fsp3) is 0.294. The van der Waals surface area contributed by atoms with Crippen molar-refractivity contribution in [2.24, 2.45) is 0 Å². The summed E-state index contributed by atoms with van der Waals surface area (Å²) in [6.07, 6.45) is 0. The Morgan fingerprint density at radius 3 is 2.37 bits per heavy atom. The first-order chi connectivity index (χ1) is 9.04. The van der Waals surface area contributed by atoms with Gasteiger partial charge in [0.25, 0.3) is 0 Å². The first-order valence-corrected chi connectivity index (χ1v) is 6.57. The van der Waals surface area contributed by atoms with E-state index in [9.17, 15) is 5.11 Å². The lowest BCUT2D eigenvalue weighted by Gasteiger charge is -2.25. The largest absolute Gasteiger partial charge is 0.494 e. The molecule has 2 aromatic carbocycles. The second kappa shape index (κ2) is 5.45. The van der Waals surface area contributed by atoms with E-state index in [-0.39, 0.29) is 0 Å². The van der Waals surface area contributed by atoms with E-state index in [1.807, 2.05) is 69.3 Å². The standard InChI is InChI=1S/C17H20O2/c1-4-19-16-7-5-6-15(12-16)17(3,18)14-10-8-13(2)9-11-14/h5-12,18H,4H2,1-3H3. The molecule has 0 aliphatic rings. The first-order valence-electron chi connectivity index (χ1n) is 6.57. The maximum atomic E-state index is 10.8. The van der Waals surface area contributed by atoms with Gasteiger partial charge in [-0.1, -0.05) is 42.0 Å². The van der Waals surface area contributed by atoms with E-state index in [1.54, 1.807) is 0 Å². The molecule has 0 aliphatic carbocycles. The molecule has 2 heteroatoms. The molecule has 0 saturated carbocycles. The number of aryl methyl sites for hydroxylation is 1. The average molecular weight is 256 g/mol. The Morgan fingerprint density at radius 1 is 1.05 bits per heavy atom. The van der Waals surface area contributed by atoms with Gasteiger partial charge in [0.05, 0.1) is 6.61 Å². The molecule has 0 radical (unpaired) electrons. The molecule has 0 fully saturated rings. The van der Waals surface area contributed by atoms with Gasteiger partial charge in [-0.3, -0.25) is 0 Å². The number of benzene rings is 2. The van der Waals surface area contributed by atoms with Gasteiger partial charge in [0.1, 0.15) is 11.4 Å². The van der Waals surface area contributed by atoms with Crippen LogP contribution in [0.5, 0.6) is 5.75 Å². The highest BCUT2D eigenvalue weighted by Gasteiger charge is 2.25. The Morgan fingerprint density at radius 2 is 1.74 bits per heavy atom. The third-order valence-electron chi connectivity index (χ3n) is 3.32. The van der Waals surface area contributed by atoms with E-state index in [1.165, 1.54) is 5.56 Å². The van der Waals surface area contributed by atoms with Crippen molar-refractivity contribution in [2.45, 2.75) is 26.4 Å². The number of ether oxygens (including phenoxy) is 1. The molecule has 0 amide bonds. The molecule has 100 valence electrons. The van der Waals surface area contributed by atoms with Gasteiger partial charge >= 0.3 is 0 Å². The summed E-state index contributed by atoms with van der Waals surface area (Å²) in [6, 6.07) is 15.6. The van der Waals surface area contributed by atoms with Crippen LogP contribution in [0.15, 0.2) is 48.5 Å². The smallest absolute Gasteiger partial charge is 0.119 e. The van der Waals surface area contributed by atoms with Crippen LogP contribution in [0.2, 0.25) is 0 Å². The summed E-state index contributed by atoms with van der Waals surface area (Å²) in [5, 5.41) is 10.8. The van der Waals surface area contributed by atoms with Gasteiger partial charge < -0.3 is 9.84 Å². The molecule has 0 heterocycles. The van der Waals surface area contributed by atoms with E-state index >= 15 is 0 Å². The molecule has 0 saturated heterocycles. The molecule has 0 aliphatic heterocycles. The zero-order valence-corrected chi connectivity index (χ0v) is 11.7. The van der Waals surface area contributed by atoms with Gasteiger partial charge in [-0.25, -0.2) is 0 Å². The maximum absolute atomic E-state index is 10.8. The second-order valence-electron chi connectivity index (χ2n) is 4.90. The summed E-state index contributed by atoms with van der Waals surface area (Å²) in [5.41, 5.74) is 1.89. The van der Waals surface area contributed by atoms with E-state index in [0.29, 0.717) is 6.61 Å². The predicted octanol–water partition coefficient (Wildman–Crippen LogP) is 3.65. The Kier molecular flexibility index (Phi) is 3.91. The van der Waals surface area contributed by atoms with Gasteiger partial charge in [0, 0.05) is 0 Å². The summed E-state index contributed by atoms with van der Waals surface area (Å²) in [6.45, 7) is 6.41. The topological polar surface area (TPSA) is 29.5 Å². The third kappa shape index (κ3) is 2.96. The van der Waals surface area contributed by atoms with Crippen molar-refractivity contribution in [3.8, 4) is 5.75 Å². The summed E-state index contributed by atoms with van der Waals surface area (Å²) in [5.74, 6) is 0.785. The van der Waals surface area contributed by atoms with Gasteiger partial charge in [0.15, 0.2) is 0 Å². The van der Waals surface area contributed by atoms with Crippen molar-refractivity contribution in [3.05, 3.63) is 65.2 Å². The lowest BCUT2D eigenvalue weighted by molar-refractivity contribution is 0.102. The summed E-state index contributed by atoms with van der Waals surface area (Å²) in [4.78, 5) is 0. The Labute approximate surface area is 114 Å². The van der Waals surface area contributed by atoms with E-state index in [2.05, 4.69) is 0 Å². The normalized spacial score (nSPS) is 13.9. The molecular formula is C17H20O2. The summed E-state index contributed by atoms with van der Waals surface area (Å²) < 4.78 is 5.49. The monoisotopic (exact) mass is 256 g/mol. The molecule has 0 aromatic heterocycles. The fourth-order valence-electron chi connectivity index (χ4n) is 2.10. The van der Waals surface area contributed by atoms with Crippen molar-refractivity contribution >= 4 is 0 Å². The molecule has 1 N–H and O–H groups in total. The van der Waals surface area contributed by atoms with Gasteiger partial charge in [-0.2, -0.15) is 0 Å². The van der Waals surface area contributed by atoms with Crippen molar-refractivity contribution in [1.82, 2.24) is 0 Å². The van der Waals surface area contributed by atoms with Crippen LogP contribution in [0.1, 0.15) is 30.5 Å². The molecule has 0 bridgehead atoms. The van der Waals surface area contributed by atoms with Crippen molar-refractivity contribution in [3.63, 3.8) is 0 Å². The lowest BCUT2D eigenvalue weighted by atomic mass is 9.88. The van der Waals surface area contributed by atoms with E-state index < -0.39 is 5.60 Å². The highest BCUT2D eigenvalue weighted by Crippen LogP contribution is 2.31. The van der Waals surface area contributed by atoms with Crippen LogP contribution in [-0.4, -0.2) is 11.7 Å². The maximum Gasteiger partial charge on any atom is 0.119 e. The quantitative estimate of drug-likeness (QED) is 0.904. The molecule has 0 spiro atoms. The molecule has 19 heavy (non-hydrogen) atoms. The highest BCUT2D eigenvalue weighted by molar-refractivity contribution is 5.39. The number of hydrogen-bond acceptors (Lipinski definition) is 2. The molecule has 2 aromatic rings. The highest BCUT2D eigenvalue weighted by atomic mass is 16.5. The van der Waals surface area contributed by atoms with Gasteiger partial charge in [-0.05, 0) is 44.0 Å². The summed E-state index contributed by atoms with van der Waals surface area (Å²) in [7, 11) is 0. The Bertz CT molecular complexity index is 541. The predicted molar refractivity (Wildman–Crippen MR) is 77.5 cm³/mol. The molecular weight excluding hydrogens is 236 g/mol. The lowest BCUT2D eigenvalue weighted by Crippen LogP contribution is -2.22. The minimum Gasteiger partial charge on any atom is -0.494 e. The van der Waals surface area contributed by atoms with Crippen molar-refractivity contribution < 1.29 is 9.84 Å². The summed E-state index contributed by atoms with van der Waals surface area (Å²) >= 11 is 0. The molecule has 2 nitrogen and oxygen atoms in total. The molecule has 1 atom stereocenters. The molecule has 2 rings (SSSR count). The van der Waals surface area contributed by atoms with Crippen LogP contribution in [0.25, 0.3) is 0 Å². The van der Waals surface area contributed by atoms with E-state index in [0.717, 1.165) is 16.9 Å². The van der Waals surface area contributed by atoms with Crippen LogP contribution >= 0.6 is 0 Å². The number of aliphatic hydroxyl groups is 1. The minimum absolute atomic E-state index is 0.621. The average Bonchev–Trinajstić information content (AvgIpc) is 2.40. The van der Waals surface area contributed by atoms with Crippen LogP contribution in [-0.2, 0) is 5.60 Å².